The molecule has 0 bridgehead atoms. The lowest BCUT2D eigenvalue weighted by molar-refractivity contribution is 0.0697. The lowest BCUT2D eigenvalue weighted by Crippen LogP contribution is -2.00. The third-order valence-electron chi connectivity index (χ3n) is 2.38. The largest absolute Gasteiger partial charge is 0.478 e. The summed E-state index contributed by atoms with van der Waals surface area (Å²) in [6.07, 6.45) is 2.83. The second-order valence-electron chi connectivity index (χ2n) is 3.45. The maximum Gasteiger partial charge on any atom is 0.336 e. The van der Waals surface area contributed by atoms with Crippen LogP contribution in [0.15, 0.2) is 30.6 Å². The van der Waals surface area contributed by atoms with Crippen molar-refractivity contribution >= 4 is 40.8 Å². The molecule has 0 spiro atoms. The molecule has 18 heavy (non-hydrogen) atoms. The van der Waals surface area contributed by atoms with Crippen LogP contribution in [-0.4, -0.2) is 16.1 Å². The van der Waals surface area contributed by atoms with Crippen molar-refractivity contribution in [2.45, 2.75) is 0 Å². The van der Waals surface area contributed by atoms with Crippen LogP contribution in [-0.2, 0) is 0 Å². The fourth-order valence-electron chi connectivity index (χ4n) is 1.53. The van der Waals surface area contributed by atoms with Crippen molar-refractivity contribution in [1.29, 1.82) is 0 Å². The number of nitrogens with zero attached hydrogens (tertiary/aromatic N) is 1. The Labute approximate surface area is 118 Å². The minimum atomic E-state index is -1.06. The molecule has 2 rings (SSSR count). The topological polar surface area (TPSA) is 50.2 Å². The van der Waals surface area contributed by atoms with Gasteiger partial charge in [0.15, 0.2) is 0 Å². The highest BCUT2D eigenvalue weighted by molar-refractivity contribution is 6.49. The minimum Gasteiger partial charge on any atom is -0.478 e. The molecule has 0 saturated heterocycles. The van der Waals surface area contributed by atoms with Crippen molar-refractivity contribution in [3.63, 3.8) is 0 Å². The molecule has 1 N–H and O–H groups in total. The smallest absolute Gasteiger partial charge is 0.336 e. The Bertz CT molecular complexity index is 629. The molecule has 0 unspecified atom stereocenters. The zero-order chi connectivity index (χ0) is 13.3. The highest BCUT2D eigenvalue weighted by Crippen LogP contribution is 2.38. The number of hydrogen-bond donors (Lipinski definition) is 1. The number of carboxylic acids is 1. The quantitative estimate of drug-likeness (QED) is 0.836. The van der Waals surface area contributed by atoms with Gasteiger partial charge in [0.05, 0.1) is 20.6 Å². The van der Waals surface area contributed by atoms with Crippen LogP contribution in [0.5, 0.6) is 0 Å². The molecule has 1 heterocycles. The summed E-state index contributed by atoms with van der Waals surface area (Å²) < 4.78 is 0. The highest BCUT2D eigenvalue weighted by Gasteiger charge is 2.16. The van der Waals surface area contributed by atoms with Crippen molar-refractivity contribution in [3.05, 3.63) is 51.2 Å². The Morgan fingerprint density at radius 3 is 2.44 bits per heavy atom. The van der Waals surface area contributed by atoms with Crippen molar-refractivity contribution in [1.82, 2.24) is 4.98 Å². The number of rotatable bonds is 2. The van der Waals surface area contributed by atoms with Crippen LogP contribution in [0.1, 0.15) is 10.4 Å². The maximum absolute atomic E-state index is 11.1. The van der Waals surface area contributed by atoms with E-state index in [1.165, 1.54) is 18.5 Å². The third-order valence-corrected chi connectivity index (χ3v) is 3.67. The van der Waals surface area contributed by atoms with Crippen LogP contribution in [0.2, 0.25) is 15.1 Å². The summed E-state index contributed by atoms with van der Waals surface area (Å²) in [6.45, 7) is 0. The van der Waals surface area contributed by atoms with Gasteiger partial charge in [-0.25, -0.2) is 4.79 Å². The van der Waals surface area contributed by atoms with Crippen molar-refractivity contribution < 1.29 is 9.90 Å². The molecule has 1 aromatic carbocycles. The molecule has 0 saturated carbocycles. The van der Waals surface area contributed by atoms with Gasteiger partial charge in [0.25, 0.3) is 0 Å². The number of benzene rings is 1. The molecular formula is C12H6Cl3NO2. The fourth-order valence-corrected chi connectivity index (χ4v) is 2.17. The lowest BCUT2D eigenvalue weighted by Gasteiger charge is -2.09. The van der Waals surface area contributed by atoms with Gasteiger partial charge in [0.1, 0.15) is 0 Å². The maximum atomic E-state index is 11.1. The molecule has 6 heteroatoms. The molecule has 0 amide bonds. The van der Waals surface area contributed by atoms with Gasteiger partial charge < -0.3 is 5.11 Å². The van der Waals surface area contributed by atoms with Gasteiger partial charge in [-0.3, -0.25) is 4.98 Å². The van der Waals surface area contributed by atoms with E-state index in [2.05, 4.69) is 4.98 Å². The minimum absolute atomic E-state index is 0.102. The standard InChI is InChI=1S/C12H6Cl3NO2/c13-9-2-1-6(10(14)11(9)15)8-5-16-4-3-7(8)12(17)18/h1-5H,(H,17,18). The van der Waals surface area contributed by atoms with Gasteiger partial charge in [-0.1, -0.05) is 40.9 Å². The molecule has 3 nitrogen and oxygen atoms in total. The Hall–Kier alpha value is -1.29. The van der Waals surface area contributed by atoms with E-state index in [1.54, 1.807) is 12.1 Å². The van der Waals surface area contributed by atoms with Crippen LogP contribution in [0.4, 0.5) is 0 Å². The predicted molar refractivity (Wildman–Crippen MR) is 71.7 cm³/mol. The van der Waals surface area contributed by atoms with E-state index in [4.69, 9.17) is 39.9 Å². The van der Waals surface area contributed by atoms with E-state index in [0.717, 1.165) is 0 Å². The number of halogens is 3. The van der Waals surface area contributed by atoms with E-state index >= 15 is 0 Å². The Morgan fingerprint density at radius 2 is 1.78 bits per heavy atom. The molecule has 1 aromatic heterocycles. The first kappa shape index (κ1) is 13.1. The zero-order valence-corrected chi connectivity index (χ0v) is 11.1. The van der Waals surface area contributed by atoms with Gasteiger partial charge in [-0.2, -0.15) is 0 Å². The SMILES string of the molecule is O=C(O)c1ccncc1-c1ccc(Cl)c(Cl)c1Cl. The molecule has 92 valence electrons. The average molecular weight is 303 g/mol. The first-order valence-corrected chi connectivity index (χ1v) is 5.97. The molecule has 0 aliphatic heterocycles. The summed E-state index contributed by atoms with van der Waals surface area (Å²) in [5, 5.41) is 9.82. The normalized spacial score (nSPS) is 10.4. The van der Waals surface area contributed by atoms with Gasteiger partial charge in [-0.05, 0) is 12.1 Å². The van der Waals surface area contributed by atoms with E-state index in [9.17, 15) is 4.79 Å². The third kappa shape index (κ3) is 2.29. The van der Waals surface area contributed by atoms with Crippen molar-refractivity contribution in [2.24, 2.45) is 0 Å². The fraction of sp³-hybridized carbons (Fsp3) is 0. The van der Waals surface area contributed by atoms with Crippen LogP contribution < -0.4 is 0 Å². The van der Waals surface area contributed by atoms with Gasteiger partial charge in [0, 0.05) is 23.5 Å². The summed E-state index contributed by atoms with van der Waals surface area (Å²) in [7, 11) is 0. The first-order chi connectivity index (χ1) is 8.52. The highest BCUT2D eigenvalue weighted by atomic mass is 35.5. The number of hydrogen-bond acceptors (Lipinski definition) is 2. The molecule has 0 fully saturated rings. The summed E-state index contributed by atoms with van der Waals surface area (Å²) in [4.78, 5) is 15.0. The number of pyridine rings is 1. The first-order valence-electron chi connectivity index (χ1n) is 4.83. The van der Waals surface area contributed by atoms with E-state index < -0.39 is 5.97 Å². The molecule has 0 atom stereocenters. The number of aromatic carboxylic acids is 1. The molecule has 0 aliphatic carbocycles. The Balaban J connectivity index is 2.70. The van der Waals surface area contributed by atoms with Crippen LogP contribution in [0, 0.1) is 0 Å². The van der Waals surface area contributed by atoms with E-state index in [0.29, 0.717) is 16.1 Å². The molecular weight excluding hydrogens is 296 g/mol. The second-order valence-corrected chi connectivity index (χ2v) is 4.61. The summed E-state index contributed by atoms with van der Waals surface area (Å²) >= 11 is 17.8. The average Bonchev–Trinajstić information content (AvgIpc) is 2.36. The van der Waals surface area contributed by atoms with Gasteiger partial charge in [0.2, 0.25) is 0 Å². The molecule has 2 aromatic rings. The molecule has 0 radical (unpaired) electrons. The van der Waals surface area contributed by atoms with Crippen LogP contribution in [0.3, 0.4) is 0 Å². The number of aromatic nitrogens is 1. The Kier molecular flexibility index (Phi) is 3.76. The number of carboxylic acid groups (broad SMARTS) is 1. The lowest BCUT2D eigenvalue weighted by atomic mass is 10.0. The number of carbonyl (C=O) groups is 1. The van der Waals surface area contributed by atoms with Crippen molar-refractivity contribution in [3.8, 4) is 11.1 Å². The summed E-state index contributed by atoms with van der Waals surface area (Å²) in [6, 6.07) is 4.57. The van der Waals surface area contributed by atoms with Crippen LogP contribution >= 0.6 is 34.8 Å². The van der Waals surface area contributed by atoms with Crippen LogP contribution in [0.25, 0.3) is 11.1 Å². The summed E-state index contributed by atoms with van der Waals surface area (Å²) in [5.41, 5.74) is 0.982. The zero-order valence-electron chi connectivity index (χ0n) is 8.82. The second kappa shape index (κ2) is 5.14. The van der Waals surface area contributed by atoms with Crippen molar-refractivity contribution in [2.75, 3.05) is 0 Å². The van der Waals surface area contributed by atoms with E-state index in [-0.39, 0.29) is 15.6 Å². The monoisotopic (exact) mass is 301 g/mol. The molecule has 0 aliphatic rings. The van der Waals surface area contributed by atoms with Gasteiger partial charge >= 0.3 is 5.97 Å². The predicted octanol–water partition coefficient (Wildman–Crippen LogP) is 4.41. The van der Waals surface area contributed by atoms with E-state index in [1.807, 2.05) is 0 Å². The van der Waals surface area contributed by atoms with Gasteiger partial charge in [-0.15, -0.1) is 0 Å². The summed E-state index contributed by atoms with van der Waals surface area (Å²) in [5.74, 6) is -1.06. The Morgan fingerprint density at radius 1 is 1.06 bits per heavy atom.